The average Bonchev–Trinajstić information content (AvgIpc) is 2.83. The molecule has 0 aliphatic carbocycles. The number of likely N-dealkylation sites (tertiary alicyclic amines) is 1. The second-order valence-electron chi connectivity index (χ2n) is 4.99. The van der Waals surface area contributed by atoms with Crippen LogP contribution in [0.25, 0.3) is 0 Å². The molecule has 0 aromatic rings. The molecular weight excluding hydrogens is 270 g/mol. The lowest BCUT2D eigenvalue weighted by molar-refractivity contribution is -0.137. The SMILES string of the molecule is CC1CCN(C(=O)C2CCOC2C)C1CBr. The normalized spacial score (nSPS) is 39.3. The Hall–Kier alpha value is -0.0900. The molecule has 3 nitrogen and oxygen atoms in total. The molecule has 2 heterocycles. The molecule has 2 aliphatic rings. The molecule has 0 radical (unpaired) electrons. The van der Waals surface area contributed by atoms with E-state index >= 15 is 0 Å². The topological polar surface area (TPSA) is 29.5 Å². The van der Waals surface area contributed by atoms with Crippen LogP contribution in [0.3, 0.4) is 0 Å². The first kappa shape index (κ1) is 12.4. The van der Waals surface area contributed by atoms with Gasteiger partial charge >= 0.3 is 0 Å². The Labute approximate surface area is 106 Å². The molecule has 4 atom stereocenters. The van der Waals surface area contributed by atoms with Gasteiger partial charge in [-0.3, -0.25) is 4.79 Å². The summed E-state index contributed by atoms with van der Waals surface area (Å²) in [4.78, 5) is 14.5. The largest absolute Gasteiger partial charge is 0.378 e. The van der Waals surface area contributed by atoms with Crippen molar-refractivity contribution in [2.24, 2.45) is 11.8 Å². The first-order valence-electron chi connectivity index (χ1n) is 6.13. The lowest BCUT2D eigenvalue weighted by atomic mass is 9.99. The highest BCUT2D eigenvalue weighted by molar-refractivity contribution is 9.09. The molecule has 0 aromatic carbocycles. The van der Waals surface area contributed by atoms with Crippen molar-refractivity contribution in [1.82, 2.24) is 4.90 Å². The van der Waals surface area contributed by atoms with Gasteiger partial charge in [-0.1, -0.05) is 22.9 Å². The fourth-order valence-corrected chi connectivity index (χ4v) is 3.77. The van der Waals surface area contributed by atoms with Crippen LogP contribution in [0.5, 0.6) is 0 Å². The van der Waals surface area contributed by atoms with E-state index in [2.05, 4.69) is 27.8 Å². The minimum Gasteiger partial charge on any atom is -0.378 e. The van der Waals surface area contributed by atoms with Crippen molar-refractivity contribution in [3.05, 3.63) is 0 Å². The smallest absolute Gasteiger partial charge is 0.228 e. The number of nitrogens with zero attached hydrogens (tertiary/aromatic N) is 1. The molecule has 0 saturated carbocycles. The van der Waals surface area contributed by atoms with Gasteiger partial charge in [0.05, 0.1) is 12.0 Å². The first-order chi connectivity index (χ1) is 7.65. The third-order valence-electron chi connectivity index (χ3n) is 4.02. The number of alkyl halides is 1. The van der Waals surface area contributed by atoms with Crippen molar-refractivity contribution in [3.8, 4) is 0 Å². The zero-order valence-electron chi connectivity index (χ0n) is 9.99. The van der Waals surface area contributed by atoms with E-state index in [9.17, 15) is 4.79 Å². The molecule has 16 heavy (non-hydrogen) atoms. The summed E-state index contributed by atoms with van der Waals surface area (Å²) in [6.45, 7) is 5.89. The van der Waals surface area contributed by atoms with Crippen molar-refractivity contribution < 1.29 is 9.53 Å². The summed E-state index contributed by atoms with van der Waals surface area (Å²) in [7, 11) is 0. The van der Waals surface area contributed by atoms with Crippen LogP contribution in [0, 0.1) is 11.8 Å². The number of rotatable bonds is 2. The van der Waals surface area contributed by atoms with Gasteiger partial charge in [-0.25, -0.2) is 0 Å². The summed E-state index contributed by atoms with van der Waals surface area (Å²) in [5.74, 6) is 1.01. The molecule has 92 valence electrons. The van der Waals surface area contributed by atoms with E-state index in [1.807, 2.05) is 6.92 Å². The Morgan fingerprint density at radius 1 is 1.44 bits per heavy atom. The maximum atomic E-state index is 12.4. The second-order valence-corrected chi connectivity index (χ2v) is 5.64. The molecule has 0 bridgehead atoms. The molecule has 2 saturated heterocycles. The van der Waals surface area contributed by atoms with Crippen molar-refractivity contribution in [2.75, 3.05) is 18.5 Å². The number of hydrogen-bond donors (Lipinski definition) is 0. The highest BCUT2D eigenvalue weighted by Crippen LogP contribution is 2.30. The minimum absolute atomic E-state index is 0.0897. The molecule has 1 amide bonds. The van der Waals surface area contributed by atoms with E-state index in [-0.39, 0.29) is 12.0 Å². The number of hydrogen-bond acceptors (Lipinski definition) is 2. The monoisotopic (exact) mass is 289 g/mol. The van der Waals surface area contributed by atoms with Crippen LogP contribution in [-0.2, 0) is 9.53 Å². The summed E-state index contributed by atoms with van der Waals surface area (Å²) in [5.41, 5.74) is 0. The quantitative estimate of drug-likeness (QED) is 0.728. The summed E-state index contributed by atoms with van der Waals surface area (Å²) in [6.07, 6.45) is 2.11. The van der Waals surface area contributed by atoms with E-state index in [1.54, 1.807) is 0 Å². The van der Waals surface area contributed by atoms with Crippen molar-refractivity contribution in [3.63, 3.8) is 0 Å². The van der Waals surface area contributed by atoms with Gasteiger partial charge in [-0.2, -0.15) is 0 Å². The highest BCUT2D eigenvalue weighted by atomic mass is 79.9. The summed E-state index contributed by atoms with van der Waals surface area (Å²) in [6, 6.07) is 0.375. The Morgan fingerprint density at radius 3 is 2.75 bits per heavy atom. The highest BCUT2D eigenvalue weighted by Gasteiger charge is 2.40. The number of carbonyl (C=O) groups excluding carboxylic acids is 1. The standard InChI is InChI=1S/C12H20BrNO2/c1-8-3-5-14(11(8)7-13)12(15)10-4-6-16-9(10)2/h8-11H,3-7H2,1-2H3. The Bertz CT molecular complexity index is 272. The second kappa shape index (κ2) is 5.05. The van der Waals surface area contributed by atoms with Gasteiger partial charge < -0.3 is 9.64 Å². The Kier molecular flexibility index (Phi) is 3.90. The Morgan fingerprint density at radius 2 is 2.19 bits per heavy atom. The van der Waals surface area contributed by atoms with Crippen LogP contribution in [0.2, 0.25) is 0 Å². The maximum absolute atomic E-state index is 12.4. The molecule has 0 aromatic heterocycles. The molecule has 2 fully saturated rings. The van der Waals surface area contributed by atoms with Crippen LogP contribution in [0.15, 0.2) is 0 Å². The van der Waals surface area contributed by atoms with E-state index < -0.39 is 0 Å². The number of halogens is 1. The van der Waals surface area contributed by atoms with E-state index in [4.69, 9.17) is 4.74 Å². The maximum Gasteiger partial charge on any atom is 0.228 e. The predicted molar refractivity (Wildman–Crippen MR) is 66.6 cm³/mol. The number of amides is 1. The van der Waals surface area contributed by atoms with Gasteiger partial charge in [0.15, 0.2) is 0 Å². The molecule has 0 spiro atoms. The van der Waals surface area contributed by atoms with E-state index in [1.165, 1.54) is 0 Å². The van der Waals surface area contributed by atoms with Gasteiger partial charge in [0, 0.05) is 24.5 Å². The third-order valence-corrected chi connectivity index (χ3v) is 4.68. The predicted octanol–water partition coefficient (Wildman–Crippen LogP) is 2.04. The molecule has 0 N–H and O–H groups in total. The molecule has 2 rings (SSSR count). The molecular formula is C12H20BrNO2. The average molecular weight is 290 g/mol. The van der Waals surface area contributed by atoms with Gasteiger partial charge in [0.25, 0.3) is 0 Å². The minimum atomic E-state index is 0.0897. The van der Waals surface area contributed by atoms with Gasteiger partial charge in [0.2, 0.25) is 5.91 Å². The third kappa shape index (κ3) is 2.14. The van der Waals surface area contributed by atoms with Crippen LogP contribution < -0.4 is 0 Å². The number of ether oxygens (including phenoxy) is 1. The molecule has 4 heteroatoms. The fraction of sp³-hybridized carbons (Fsp3) is 0.917. The van der Waals surface area contributed by atoms with E-state index in [0.717, 1.165) is 31.3 Å². The van der Waals surface area contributed by atoms with Gasteiger partial charge in [0.1, 0.15) is 0 Å². The number of carbonyl (C=O) groups is 1. The summed E-state index contributed by atoms with van der Waals surface area (Å²) < 4.78 is 5.48. The summed E-state index contributed by atoms with van der Waals surface area (Å²) >= 11 is 3.52. The van der Waals surface area contributed by atoms with Gasteiger partial charge in [-0.05, 0) is 25.7 Å². The van der Waals surface area contributed by atoms with Crippen molar-refractivity contribution in [1.29, 1.82) is 0 Å². The van der Waals surface area contributed by atoms with Crippen LogP contribution in [0.1, 0.15) is 26.7 Å². The van der Waals surface area contributed by atoms with Crippen LogP contribution in [0.4, 0.5) is 0 Å². The lowest BCUT2D eigenvalue weighted by Gasteiger charge is -2.28. The van der Waals surface area contributed by atoms with Crippen molar-refractivity contribution in [2.45, 2.75) is 38.8 Å². The van der Waals surface area contributed by atoms with Crippen molar-refractivity contribution >= 4 is 21.8 Å². The zero-order valence-corrected chi connectivity index (χ0v) is 11.6. The van der Waals surface area contributed by atoms with Gasteiger partial charge in [-0.15, -0.1) is 0 Å². The van der Waals surface area contributed by atoms with Crippen LogP contribution in [-0.4, -0.2) is 41.4 Å². The zero-order chi connectivity index (χ0) is 11.7. The Balaban J connectivity index is 2.04. The fourth-order valence-electron chi connectivity index (χ4n) is 2.79. The molecule has 2 aliphatic heterocycles. The molecule has 4 unspecified atom stereocenters. The van der Waals surface area contributed by atoms with E-state index in [0.29, 0.717) is 17.9 Å². The van der Waals surface area contributed by atoms with Crippen LogP contribution >= 0.6 is 15.9 Å². The summed E-state index contributed by atoms with van der Waals surface area (Å²) in [5, 5.41) is 0.891. The first-order valence-corrected chi connectivity index (χ1v) is 7.25. The lowest BCUT2D eigenvalue weighted by Crippen LogP contribution is -2.43.